The lowest BCUT2D eigenvalue weighted by Gasteiger charge is -2.43. The van der Waals surface area contributed by atoms with Gasteiger partial charge in [-0.25, -0.2) is 0 Å². The molecule has 0 saturated heterocycles. The smallest absolute Gasteiger partial charge is 0.376 e. The zero-order chi connectivity index (χ0) is 33.3. The number of halogens is 18. The quantitative estimate of drug-likeness (QED) is 0.223. The van der Waals surface area contributed by atoms with Crippen LogP contribution in [0.25, 0.3) is 0 Å². The highest BCUT2D eigenvalue weighted by molar-refractivity contribution is 5.13. The molecule has 0 spiro atoms. The first-order valence-corrected chi connectivity index (χ1v) is 10.9. The van der Waals surface area contributed by atoms with Crippen LogP contribution in [0, 0.1) is 5.41 Å². The Hall–Kier alpha value is -2.16. The van der Waals surface area contributed by atoms with Crippen molar-refractivity contribution in [2.45, 2.75) is 68.2 Å². The van der Waals surface area contributed by atoms with E-state index in [1.54, 1.807) is 0 Å². The average molecular weight is 660 g/mol. The highest BCUT2D eigenvalue weighted by atomic mass is 19.4. The Bertz CT molecular complexity index is 860. The Morgan fingerprint density at radius 3 is 1.05 bits per heavy atom. The Kier molecular flexibility index (Phi) is 10.9. The third-order valence-electron chi connectivity index (χ3n) is 5.85. The third kappa shape index (κ3) is 7.31. The van der Waals surface area contributed by atoms with E-state index in [2.05, 4.69) is 9.47 Å². The summed E-state index contributed by atoms with van der Waals surface area (Å²) in [4.78, 5) is 0. The molecular weight excluding hydrogens is 642 g/mol. The Morgan fingerprint density at radius 1 is 0.476 bits per heavy atom. The Morgan fingerprint density at radius 2 is 0.786 bits per heavy atom. The minimum atomic E-state index is -7.39. The van der Waals surface area contributed by atoms with E-state index in [-0.39, 0.29) is 5.56 Å². The van der Waals surface area contributed by atoms with E-state index >= 15 is 0 Å². The zero-order valence-corrected chi connectivity index (χ0v) is 20.5. The van der Waals surface area contributed by atoms with Gasteiger partial charge in [-0.15, -0.1) is 0 Å². The summed E-state index contributed by atoms with van der Waals surface area (Å²) >= 11 is 0. The van der Waals surface area contributed by atoms with Crippen LogP contribution < -0.4 is 0 Å². The molecule has 0 aromatic heterocycles. The molecule has 1 aromatic carbocycles. The average Bonchev–Trinajstić information content (AvgIpc) is 2.74. The van der Waals surface area contributed by atoms with Crippen molar-refractivity contribution < 1.29 is 93.2 Å². The normalized spacial score (nSPS) is 15.3. The fourth-order valence-corrected chi connectivity index (χ4v) is 3.37. The van der Waals surface area contributed by atoms with Crippen molar-refractivity contribution in [3.63, 3.8) is 0 Å². The van der Waals surface area contributed by atoms with E-state index in [0.717, 1.165) is 0 Å². The van der Waals surface area contributed by atoms with Gasteiger partial charge in [-0.1, -0.05) is 37.3 Å². The standard InChI is InChI=1S/C21H18F18O3/c1-2-13(9-40-8-12-6-4-3-5-7-12,10-41-14(16(22,23)24,17(25,26)27)18(28,29)30)11-42-15(19(31,32)33,20(34,35)36)21(37,38)39/h3-7H,2,8-11H2,1H3. The summed E-state index contributed by atoms with van der Waals surface area (Å²) in [5, 5.41) is 0. The molecule has 1 aromatic rings. The Labute approximate surface area is 223 Å². The van der Waals surface area contributed by atoms with Gasteiger partial charge in [-0.05, 0) is 12.0 Å². The second-order valence-electron chi connectivity index (χ2n) is 8.76. The van der Waals surface area contributed by atoms with Crippen LogP contribution >= 0.6 is 0 Å². The van der Waals surface area contributed by atoms with E-state index in [9.17, 15) is 79.0 Å². The molecular formula is C21H18F18O3. The number of rotatable bonds is 11. The SMILES string of the molecule is CCC(COCc1ccccc1)(COC(C(F)(F)F)(C(F)(F)F)C(F)(F)F)COC(C(F)(F)F)(C(F)(F)F)C(F)(F)F. The number of alkyl halides is 18. The number of hydrogen-bond donors (Lipinski definition) is 0. The maximum Gasteiger partial charge on any atom is 0.435 e. The van der Waals surface area contributed by atoms with Crippen LogP contribution in [0.4, 0.5) is 79.0 Å². The van der Waals surface area contributed by atoms with Gasteiger partial charge >= 0.3 is 48.3 Å². The highest BCUT2D eigenvalue weighted by Crippen LogP contribution is 2.57. The van der Waals surface area contributed by atoms with Crippen molar-refractivity contribution in [3.05, 3.63) is 35.9 Å². The van der Waals surface area contributed by atoms with Crippen LogP contribution in [0.2, 0.25) is 0 Å². The van der Waals surface area contributed by atoms with Crippen molar-refractivity contribution in [2.24, 2.45) is 5.41 Å². The van der Waals surface area contributed by atoms with Crippen LogP contribution in [0.15, 0.2) is 30.3 Å². The molecule has 0 aliphatic rings. The molecule has 0 saturated carbocycles. The summed E-state index contributed by atoms with van der Waals surface area (Å²) < 4.78 is 251. The first-order chi connectivity index (χ1) is 18.6. The molecule has 0 amide bonds. The molecule has 0 fully saturated rings. The maximum absolute atomic E-state index is 13.3. The molecule has 0 aliphatic carbocycles. The lowest BCUT2D eigenvalue weighted by Crippen LogP contribution is -2.69. The molecule has 1 rings (SSSR count). The van der Waals surface area contributed by atoms with Crippen LogP contribution in [0.1, 0.15) is 18.9 Å². The molecule has 246 valence electrons. The lowest BCUT2D eigenvalue weighted by atomic mass is 9.86. The van der Waals surface area contributed by atoms with E-state index in [4.69, 9.17) is 4.74 Å². The second-order valence-corrected chi connectivity index (χ2v) is 8.76. The van der Waals surface area contributed by atoms with Crippen molar-refractivity contribution in [2.75, 3.05) is 19.8 Å². The molecule has 0 atom stereocenters. The predicted molar refractivity (Wildman–Crippen MR) is 103 cm³/mol. The number of hydrogen-bond acceptors (Lipinski definition) is 3. The van der Waals surface area contributed by atoms with Gasteiger partial charge in [0.15, 0.2) is 0 Å². The van der Waals surface area contributed by atoms with Crippen molar-refractivity contribution in [3.8, 4) is 0 Å². The van der Waals surface area contributed by atoms with Crippen LogP contribution in [-0.4, -0.2) is 68.1 Å². The van der Waals surface area contributed by atoms with Crippen LogP contribution in [0.5, 0.6) is 0 Å². The minimum absolute atomic E-state index is 0.106. The molecule has 42 heavy (non-hydrogen) atoms. The summed E-state index contributed by atoms with van der Waals surface area (Å²) in [5.41, 5.74) is -17.4. The summed E-state index contributed by atoms with van der Waals surface area (Å²) in [6.45, 7) is -7.19. The van der Waals surface area contributed by atoms with Crippen LogP contribution in [-0.2, 0) is 20.8 Å². The fraction of sp³-hybridized carbons (Fsp3) is 0.714. The molecule has 0 radical (unpaired) electrons. The molecule has 0 bridgehead atoms. The highest BCUT2D eigenvalue weighted by Gasteiger charge is 2.87. The van der Waals surface area contributed by atoms with E-state index in [0.29, 0.717) is 6.92 Å². The number of ether oxygens (including phenoxy) is 3. The summed E-state index contributed by atoms with van der Waals surface area (Å²) in [6, 6.07) is 6.55. The van der Waals surface area contributed by atoms with E-state index in [1.165, 1.54) is 30.3 Å². The van der Waals surface area contributed by atoms with Crippen molar-refractivity contribution in [1.29, 1.82) is 0 Å². The molecule has 0 N–H and O–H groups in total. The van der Waals surface area contributed by atoms with Gasteiger partial charge < -0.3 is 14.2 Å². The van der Waals surface area contributed by atoms with Crippen molar-refractivity contribution >= 4 is 0 Å². The predicted octanol–water partition coefficient (Wildman–Crippen LogP) is 8.48. The topological polar surface area (TPSA) is 27.7 Å². The Balaban J connectivity index is 3.72. The van der Waals surface area contributed by atoms with Gasteiger partial charge in [0, 0.05) is 5.41 Å². The first-order valence-electron chi connectivity index (χ1n) is 10.9. The molecule has 0 aliphatic heterocycles. The maximum atomic E-state index is 13.3. The fourth-order valence-electron chi connectivity index (χ4n) is 3.37. The molecule has 0 unspecified atom stereocenters. The van der Waals surface area contributed by atoms with Gasteiger partial charge in [-0.3, -0.25) is 0 Å². The van der Waals surface area contributed by atoms with Gasteiger partial charge in [0.25, 0.3) is 0 Å². The van der Waals surface area contributed by atoms with Gasteiger partial charge in [0.2, 0.25) is 0 Å². The molecule has 3 nitrogen and oxygen atoms in total. The summed E-state index contributed by atoms with van der Waals surface area (Å²) in [5.74, 6) is 0. The van der Waals surface area contributed by atoms with Crippen molar-refractivity contribution in [1.82, 2.24) is 0 Å². The van der Waals surface area contributed by atoms with E-state index in [1.807, 2.05) is 0 Å². The van der Waals surface area contributed by atoms with Gasteiger partial charge in [-0.2, -0.15) is 79.0 Å². The zero-order valence-electron chi connectivity index (χ0n) is 20.5. The van der Waals surface area contributed by atoms with Crippen LogP contribution in [0.3, 0.4) is 0 Å². The monoisotopic (exact) mass is 660 g/mol. The molecule has 21 heteroatoms. The second kappa shape index (κ2) is 12.1. The lowest BCUT2D eigenvalue weighted by molar-refractivity contribution is -0.467. The summed E-state index contributed by atoms with van der Waals surface area (Å²) in [6.07, 6.45) is -45.6. The van der Waals surface area contributed by atoms with Gasteiger partial charge in [0.05, 0.1) is 26.4 Å². The third-order valence-corrected chi connectivity index (χ3v) is 5.85. The number of benzene rings is 1. The summed E-state index contributed by atoms with van der Waals surface area (Å²) in [7, 11) is 0. The van der Waals surface area contributed by atoms with E-state index < -0.39 is 86.5 Å². The minimum Gasteiger partial charge on any atom is -0.376 e. The molecule has 0 heterocycles. The largest absolute Gasteiger partial charge is 0.435 e. The van der Waals surface area contributed by atoms with Gasteiger partial charge in [0.1, 0.15) is 0 Å². The first kappa shape index (κ1) is 37.9.